The zero-order chi connectivity index (χ0) is 13.7. The van der Waals surface area contributed by atoms with Crippen molar-refractivity contribution in [3.05, 3.63) is 23.3 Å². The van der Waals surface area contributed by atoms with E-state index in [1.165, 1.54) is 11.1 Å². The molecule has 0 unspecified atom stereocenters. The molecule has 19 heavy (non-hydrogen) atoms. The van der Waals surface area contributed by atoms with Crippen molar-refractivity contribution in [2.24, 2.45) is 0 Å². The van der Waals surface area contributed by atoms with E-state index >= 15 is 0 Å². The number of aliphatic hydroxyl groups excluding tert-OH is 1. The van der Waals surface area contributed by atoms with Gasteiger partial charge in [0.05, 0.1) is 14.2 Å². The molecule has 0 spiro atoms. The number of benzene rings is 1. The molecule has 1 aromatic rings. The van der Waals surface area contributed by atoms with Gasteiger partial charge in [-0.15, -0.1) is 0 Å². The molecule has 0 fully saturated rings. The highest BCUT2D eigenvalue weighted by molar-refractivity contribution is 5.49. The summed E-state index contributed by atoms with van der Waals surface area (Å²) >= 11 is 0. The van der Waals surface area contributed by atoms with Crippen LogP contribution in [0.1, 0.15) is 36.4 Å². The minimum absolute atomic E-state index is 0.269. The van der Waals surface area contributed by atoms with E-state index < -0.39 is 0 Å². The summed E-state index contributed by atoms with van der Waals surface area (Å²) in [6.07, 6.45) is 3.96. The van der Waals surface area contributed by atoms with Gasteiger partial charge in [0, 0.05) is 12.6 Å². The van der Waals surface area contributed by atoms with Gasteiger partial charge in [-0.05, 0) is 55.5 Å². The lowest BCUT2D eigenvalue weighted by Crippen LogP contribution is -2.30. The topological polar surface area (TPSA) is 50.7 Å². The maximum Gasteiger partial charge on any atom is 0.161 e. The van der Waals surface area contributed by atoms with Crippen LogP contribution in [-0.2, 0) is 6.42 Å². The van der Waals surface area contributed by atoms with Crippen LogP contribution in [0.4, 0.5) is 0 Å². The Labute approximate surface area is 114 Å². The maximum atomic E-state index is 8.88. The number of ether oxygens (including phenoxy) is 2. The van der Waals surface area contributed by atoms with Crippen molar-refractivity contribution in [2.75, 3.05) is 27.4 Å². The molecule has 4 heteroatoms. The fraction of sp³-hybridized carbons (Fsp3) is 0.600. The van der Waals surface area contributed by atoms with Crippen LogP contribution in [0.25, 0.3) is 0 Å². The summed E-state index contributed by atoms with van der Waals surface area (Å²) in [6, 6.07) is 4.54. The van der Waals surface area contributed by atoms with Crippen LogP contribution < -0.4 is 14.8 Å². The molecule has 0 saturated carbocycles. The number of rotatable bonds is 6. The van der Waals surface area contributed by atoms with Gasteiger partial charge in [0.1, 0.15) is 0 Å². The number of nitrogens with one attached hydrogen (secondary N) is 1. The Morgan fingerprint density at radius 1 is 1.21 bits per heavy atom. The molecule has 0 amide bonds. The first-order chi connectivity index (χ1) is 9.30. The molecule has 0 radical (unpaired) electrons. The summed E-state index contributed by atoms with van der Waals surface area (Å²) in [6.45, 7) is 1.26. The van der Waals surface area contributed by atoms with E-state index in [-0.39, 0.29) is 6.61 Å². The maximum absolute atomic E-state index is 8.88. The number of unbranched alkanes of at least 4 members (excludes halogenated alkanes) is 1. The Morgan fingerprint density at radius 3 is 2.63 bits per heavy atom. The van der Waals surface area contributed by atoms with Crippen molar-refractivity contribution in [3.8, 4) is 11.5 Å². The van der Waals surface area contributed by atoms with Crippen molar-refractivity contribution in [1.82, 2.24) is 5.32 Å². The van der Waals surface area contributed by atoms with E-state index in [0.717, 1.165) is 43.7 Å². The monoisotopic (exact) mass is 265 g/mol. The Morgan fingerprint density at radius 2 is 1.95 bits per heavy atom. The van der Waals surface area contributed by atoms with Crippen LogP contribution in [0.15, 0.2) is 12.1 Å². The highest BCUT2D eigenvalue weighted by Gasteiger charge is 2.22. The molecule has 2 N–H and O–H groups in total. The zero-order valence-corrected chi connectivity index (χ0v) is 11.7. The molecule has 1 atom stereocenters. The molecular weight excluding hydrogens is 242 g/mol. The van der Waals surface area contributed by atoms with E-state index in [4.69, 9.17) is 14.6 Å². The number of hydrogen-bond donors (Lipinski definition) is 2. The number of hydrogen-bond acceptors (Lipinski definition) is 4. The Balaban J connectivity index is 2.22. The van der Waals surface area contributed by atoms with Crippen LogP contribution in [0, 0.1) is 0 Å². The van der Waals surface area contributed by atoms with Gasteiger partial charge in [0.2, 0.25) is 0 Å². The van der Waals surface area contributed by atoms with E-state index in [1.807, 2.05) is 0 Å². The SMILES string of the molecule is COc1cc2c(cc1OC)[C@@H](CCCCO)NCC2. The third-order valence-electron chi connectivity index (χ3n) is 3.71. The lowest BCUT2D eigenvalue weighted by molar-refractivity contribution is 0.278. The van der Waals surface area contributed by atoms with Gasteiger partial charge in [-0.25, -0.2) is 0 Å². The molecule has 0 saturated heterocycles. The average molecular weight is 265 g/mol. The van der Waals surface area contributed by atoms with Crippen molar-refractivity contribution >= 4 is 0 Å². The third-order valence-corrected chi connectivity index (χ3v) is 3.71. The van der Waals surface area contributed by atoms with E-state index in [1.54, 1.807) is 14.2 Å². The largest absolute Gasteiger partial charge is 0.493 e. The molecule has 4 nitrogen and oxygen atoms in total. The fourth-order valence-electron chi connectivity index (χ4n) is 2.69. The number of aliphatic hydroxyl groups is 1. The molecule has 1 aromatic carbocycles. The molecule has 2 rings (SSSR count). The van der Waals surface area contributed by atoms with Gasteiger partial charge in [-0.2, -0.15) is 0 Å². The van der Waals surface area contributed by atoms with Crippen molar-refractivity contribution in [3.63, 3.8) is 0 Å². The number of methoxy groups -OCH3 is 2. The fourth-order valence-corrected chi connectivity index (χ4v) is 2.69. The summed E-state index contributed by atoms with van der Waals surface area (Å²) in [5, 5.41) is 12.4. The second-order valence-corrected chi connectivity index (χ2v) is 4.88. The van der Waals surface area contributed by atoms with E-state index in [2.05, 4.69) is 17.4 Å². The van der Waals surface area contributed by atoms with Gasteiger partial charge < -0.3 is 19.9 Å². The predicted octanol–water partition coefficient (Wildman–Crippen LogP) is 2.05. The Bertz CT molecular complexity index is 420. The molecule has 1 aliphatic heterocycles. The molecule has 0 aliphatic carbocycles. The van der Waals surface area contributed by atoms with Crippen molar-refractivity contribution in [1.29, 1.82) is 0 Å². The second-order valence-electron chi connectivity index (χ2n) is 4.88. The first-order valence-corrected chi connectivity index (χ1v) is 6.89. The van der Waals surface area contributed by atoms with Gasteiger partial charge in [0.15, 0.2) is 11.5 Å². The summed E-state index contributed by atoms with van der Waals surface area (Å²) < 4.78 is 10.7. The lowest BCUT2D eigenvalue weighted by atomic mass is 9.90. The first kappa shape index (κ1) is 14.2. The normalized spacial score (nSPS) is 17.9. The zero-order valence-electron chi connectivity index (χ0n) is 11.7. The van der Waals surface area contributed by atoms with Crippen LogP contribution in [-0.4, -0.2) is 32.5 Å². The predicted molar refractivity (Wildman–Crippen MR) is 74.9 cm³/mol. The molecule has 0 bridgehead atoms. The summed E-state index contributed by atoms with van der Waals surface area (Å²) in [4.78, 5) is 0. The number of fused-ring (bicyclic) bond motifs is 1. The minimum atomic E-state index is 0.269. The summed E-state index contributed by atoms with van der Waals surface area (Å²) in [5.74, 6) is 1.59. The van der Waals surface area contributed by atoms with Crippen molar-refractivity contribution in [2.45, 2.75) is 31.7 Å². The minimum Gasteiger partial charge on any atom is -0.493 e. The standard InChI is InChI=1S/C15H23NO3/c1-18-14-9-11-6-7-16-13(5-3-4-8-17)12(11)10-15(14)19-2/h9-10,13,16-17H,3-8H2,1-2H3/t13-/m1/s1. The smallest absolute Gasteiger partial charge is 0.161 e. The van der Waals surface area contributed by atoms with E-state index in [9.17, 15) is 0 Å². The Kier molecular flexibility index (Phi) is 5.05. The van der Waals surface area contributed by atoms with Gasteiger partial charge in [-0.3, -0.25) is 0 Å². The molecule has 106 valence electrons. The van der Waals surface area contributed by atoms with Gasteiger partial charge >= 0.3 is 0 Å². The lowest BCUT2D eigenvalue weighted by Gasteiger charge is -2.28. The highest BCUT2D eigenvalue weighted by atomic mass is 16.5. The van der Waals surface area contributed by atoms with Crippen molar-refractivity contribution < 1.29 is 14.6 Å². The van der Waals surface area contributed by atoms with Gasteiger partial charge in [-0.1, -0.05) is 0 Å². The average Bonchev–Trinajstić information content (AvgIpc) is 2.46. The highest BCUT2D eigenvalue weighted by Crippen LogP contribution is 2.36. The molecule has 1 aliphatic rings. The van der Waals surface area contributed by atoms with Gasteiger partial charge in [0.25, 0.3) is 0 Å². The summed E-state index contributed by atoms with van der Waals surface area (Å²) in [7, 11) is 3.34. The van der Waals surface area contributed by atoms with Crippen LogP contribution in [0.5, 0.6) is 11.5 Å². The van der Waals surface area contributed by atoms with Crippen LogP contribution >= 0.6 is 0 Å². The molecule has 0 aromatic heterocycles. The Hall–Kier alpha value is -1.26. The van der Waals surface area contributed by atoms with E-state index in [0.29, 0.717) is 6.04 Å². The molecular formula is C15H23NO3. The van der Waals surface area contributed by atoms with Crippen LogP contribution in [0.3, 0.4) is 0 Å². The third kappa shape index (κ3) is 3.19. The van der Waals surface area contributed by atoms with Crippen LogP contribution in [0.2, 0.25) is 0 Å². The second kappa shape index (κ2) is 6.78. The first-order valence-electron chi connectivity index (χ1n) is 6.89. The molecule has 1 heterocycles. The quantitative estimate of drug-likeness (QED) is 0.773. The summed E-state index contributed by atoms with van der Waals surface area (Å²) in [5.41, 5.74) is 2.65.